The normalized spacial score (nSPS) is 29.7. The van der Waals surface area contributed by atoms with E-state index in [4.69, 9.17) is 11.6 Å². The SMILES string of the molecule is Cl.O=C(NC1CC2CCC(C1)N2)c1ccc(Cl)s1. The first kappa shape index (κ1) is 14.1. The number of hydrogen-bond donors (Lipinski definition) is 2. The van der Waals surface area contributed by atoms with Crippen LogP contribution in [0.5, 0.6) is 0 Å². The van der Waals surface area contributed by atoms with Crippen molar-refractivity contribution >= 4 is 41.3 Å². The molecule has 2 saturated heterocycles. The van der Waals surface area contributed by atoms with Gasteiger partial charge < -0.3 is 10.6 Å². The highest BCUT2D eigenvalue weighted by molar-refractivity contribution is 7.17. The molecule has 2 aliphatic rings. The van der Waals surface area contributed by atoms with Gasteiger partial charge >= 0.3 is 0 Å². The molecule has 0 aliphatic carbocycles. The summed E-state index contributed by atoms with van der Waals surface area (Å²) in [6, 6.07) is 5.09. The standard InChI is InChI=1S/C12H15ClN2OS.ClH/c13-11-4-3-10(17-11)12(16)15-9-5-7-1-2-8(6-9)14-7;/h3-4,7-9,14H,1-2,5-6H2,(H,15,16);1H. The minimum Gasteiger partial charge on any atom is -0.348 e. The molecule has 6 heteroatoms. The van der Waals surface area contributed by atoms with Crippen LogP contribution in [-0.4, -0.2) is 24.0 Å². The number of piperidine rings is 1. The Balaban J connectivity index is 0.00000120. The molecular weight excluding hydrogens is 291 g/mol. The van der Waals surface area contributed by atoms with E-state index in [1.807, 2.05) is 0 Å². The monoisotopic (exact) mass is 306 g/mol. The molecule has 0 radical (unpaired) electrons. The van der Waals surface area contributed by atoms with Crippen molar-refractivity contribution in [3.63, 3.8) is 0 Å². The lowest BCUT2D eigenvalue weighted by Crippen LogP contribution is -2.47. The van der Waals surface area contributed by atoms with Crippen LogP contribution in [0.25, 0.3) is 0 Å². The third-order valence-electron chi connectivity index (χ3n) is 3.61. The number of fused-ring (bicyclic) bond motifs is 2. The van der Waals surface area contributed by atoms with Gasteiger partial charge in [0.15, 0.2) is 0 Å². The molecular formula is C12H16Cl2N2OS. The highest BCUT2D eigenvalue weighted by atomic mass is 35.5. The second-order valence-electron chi connectivity index (χ2n) is 4.88. The molecule has 2 bridgehead atoms. The van der Waals surface area contributed by atoms with Crippen LogP contribution in [0.3, 0.4) is 0 Å². The molecule has 0 saturated carbocycles. The van der Waals surface area contributed by atoms with Gasteiger partial charge in [-0.05, 0) is 37.8 Å². The Hall–Kier alpha value is -0.290. The number of hydrogen-bond acceptors (Lipinski definition) is 3. The summed E-state index contributed by atoms with van der Waals surface area (Å²) < 4.78 is 0.667. The van der Waals surface area contributed by atoms with Gasteiger partial charge in [0.2, 0.25) is 0 Å². The minimum absolute atomic E-state index is 0. The Kier molecular flexibility index (Phi) is 4.54. The predicted octanol–water partition coefficient (Wildman–Crippen LogP) is 2.84. The molecule has 2 N–H and O–H groups in total. The Morgan fingerprint density at radius 2 is 2.00 bits per heavy atom. The van der Waals surface area contributed by atoms with E-state index < -0.39 is 0 Å². The van der Waals surface area contributed by atoms with Crippen LogP contribution in [0.2, 0.25) is 4.34 Å². The molecule has 2 unspecified atom stereocenters. The molecule has 18 heavy (non-hydrogen) atoms. The number of rotatable bonds is 2. The molecule has 1 amide bonds. The number of carbonyl (C=O) groups excluding carboxylic acids is 1. The van der Waals surface area contributed by atoms with E-state index in [2.05, 4.69) is 10.6 Å². The summed E-state index contributed by atoms with van der Waals surface area (Å²) in [5.74, 6) is 0.0215. The summed E-state index contributed by atoms with van der Waals surface area (Å²) in [5.41, 5.74) is 0. The quantitative estimate of drug-likeness (QED) is 0.882. The van der Waals surface area contributed by atoms with Crippen LogP contribution < -0.4 is 10.6 Å². The summed E-state index contributed by atoms with van der Waals surface area (Å²) in [4.78, 5) is 12.7. The molecule has 2 atom stereocenters. The minimum atomic E-state index is 0. The van der Waals surface area contributed by atoms with Crippen molar-refractivity contribution in [2.45, 2.75) is 43.8 Å². The first-order valence-corrected chi connectivity index (χ1v) is 7.22. The van der Waals surface area contributed by atoms with Crippen molar-refractivity contribution in [1.82, 2.24) is 10.6 Å². The number of nitrogens with one attached hydrogen (secondary N) is 2. The molecule has 3 nitrogen and oxygen atoms in total. The van der Waals surface area contributed by atoms with Crippen molar-refractivity contribution in [2.75, 3.05) is 0 Å². The molecule has 0 spiro atoms. The molecule has 100 valence electrons. The van der Waals surface area contributed by atoms with Gasteiger partial charge in [-0.1, -0.05) is 11.6 Å². The molecule has 0 aromatic carbocycles. The molecule has 1 aromatic heterocycles. The Bertz CT molecular complexity index is 425. The Morgan fingerprint density at radius 1 is 1.33 bits per heavy atom. The van der Waals surface area contributed by atoms with Gasteiger partial charge in [0.25, 0.3) is 5.91 Å². The van der Waals surface area contributed by atoms with Crippen LogP contribution >= 0.6 is 35.3 Å². The van der Waals surface area contributed by atoms with Gasteiger partial charge in [-0.3, -0.25) is 4.79 Å². The summed E-state index contributed by atoms with van der Waals surface area (Å²) in [6.07, 6.45) is 4.62. The zero-order chi connectivity index (χ0) is 11.8. The maximum Gasteiger partial charge on any atom is 0.261 e. The highest BCUT2D eigenvalue weighted by Crippen LogP contribution is 2.27. The van der Waals surface area contributed by atoms with Gasteiger partial charge in [-0.15, -0.1) is 23.7 Å². The number of thiophene rings is 1. The summed E-state index contributed by atoms with van der Waals surface area (Å²) in [7, 11) is 0. The van der Waals surface area contributed by atoms with Crippen molar-refractivity contribution in [2.24, 2.45) is 0 Å². The maximum atomic E-state index is 12.0. The Labute approximate surface area is 122 Å². The highest BCUT2D eigenvalue weighted by Gasteiger charge is 2.34. The number of carbonyl (C=O) groups is 1. The van der Waals surface area contributed by atoms with Gasteiger partial charge in [0.05, 0.1) is 9.21 Å². The van der Waals surface area contributed by atoms with Gasteiger partial charge in [-0.2, -0.15) is 0 Å². The third kappa shape index (κ3) is 2.99. The lowest BCUT2D eigenvalue weighted by Gasteiger charge is -2.29. The van der Waals surface area contributed by atoms with Crippen molar-refractivity contribution in [3.05, 3.63) is 21.3 Å². The van der Waals surface area contributed by atoms with E-state index in [0.717, 1.165) is 12.8 Å². The van der Waals surface area contributed by atoms with Crippen molar-refractivity contribution in [1.29, 1.82) is 0 Å². The van der Waals surface area contributed by atoms with E-state index in [0.29, 0.717) is 27.3 Å². The first-order chi connectivity index (χ1) is 8.20. The summed E-state index contributed by atoms with van der Waals surface area (Å²) in [6.45, 7) is 0. The fourth-order valence-electron chi connectivity index (χ4n) is 2.87. The smallest absolute Gasteiger partial charge is 0.261 e. The van der Waals surface area contributed by atoms with Crippen LogP contribution in [0.15, 0.2) is 12.1 Å². The van der Waals surface area contributed by atoms with Crippen LogP contribution in [0, 0.1) is 0 Å². The molecule has 2 fully saturated rings. The Morgan fingerprint density at radius 3 is 2.56 bits per heavy atom. The van der Waals surface area contributed by atoms with Crippen molar-refractivity contribution < 1.29 is 4.79 Å². The van der Waals surface area contributed by atoms with Gasteiger partial charge in [-0.25, -0.2) is 0 Å². The summed E-state index contributed by atoms with van der Waals surface area (Å²) in [5, 5.41) is 6.69. The molecule has 3 heterocycles. The third-order valence-corrected chi connectivity index (χ3v) is 4.84. The molecule has 3 rings (SSSR count). The predicted molar refractivity (Wildman–Crippen MR) is 77.0 cm³/mol. The fourth-order valence-corrected chi connectivity index (χ4v) is 3.81. The zero-order valence-electron chi connectivity index (χ0n) is 9.82. The van der Waals surface area contributed by atoms with Crippen LogP contribution in [0.4, 0.5) is 0 Å². The number of halogens is 2. The van der Waals surface area contributed by atoms with E-state index >= 15 is 0 Å². The summed E-state index contributed by atoms with van der Waals surface area (Å²) >= 11 is 7.17. The van der Waals surface area contributed by atoms with E-state index in [9.17, 15) is 4.79 Å². The van der Waals surface area contributed by atoms with E-state index in [1.165, 1.54) is 24.2 Å². The first-order valence-electron chi connectivity index (χ1n) is 6.03. The van der Waals surface area contributed by atoms with Gasteiger partial charge in [0, 0.05) is 18.1 Å². The van der Waals surface area contributed by atoms with E-state index in [1.54, 1.807) is 12.1 Å². The molecule has 1 aromatic rings. The topological polar surface area (TPSA) is 41.1 Å². The van der Waals surface area contributed by atoms with Crippen LogP contribution in [0.1, 0.15) is 35.4 Å². The maximum absolute atomic E-state index is 12.0. The van der Waals surface area contributed by atoms with Gasteiger partial charge in [0.1, 0.15) is 0 Å². The van der Waals surface area contributed by atoms with Crippen LogP contribution in [-0.2, 0) is 0 Å². The van der Waals surface area contributed by atoms with Crippen molar-refractivity contribution in [3.8, 4) is 0 Å². The average molecular weight is 307 g/mol. The average Bonchev–Trinajstić information content (AvgIpc) is 2.85. The fraction of sp³-hybridized carbons (Fsp3) is 0.583. The number of amides is 1. The second-order valence-corrected chi connectivity index (χ2v) is 6.60. The molecule has 2 aliphatic heterocycles. The van der Waals surface area contributed by atoms with E-state index in [-0.39, 0.29) is 18.3 Å². The largest absolute Gasteiger partial charge is 0.348 e. The lowest BCUT2D eigenvalue weighted by atomic mass is 10.00. The second kappa shape index (κ2) is 5.78. The zero-order valence-corrected chi connectivity index (χ0v) is 12.2. The lowest BCUT2D eigenvalue weighted by molar-refractivity contribution is 0.0928.